The Morgan fingerprint density at radius 3 is 1.27 bits per heavy atom. The van der Waals surface area contributed by atoms with Gasteiger partial charge in [-0.05, 0) is 58.7 Å². The summed E-state index contributed by atoms with van der Waals surface area (Å²) >= 11 is 0. The first-order valence-corrected chi connectivity index (χ1v) is 10.9. The van der Waals surface area contributed by atoms with Crippen molar-refractivity contribution in [1.82, 2.24) is 4.98 Å². The van der Waals surface area contributed by atoms with Gasteiger partial charge in [0.1, 0.15) is 0 Å². The Hall–Kier alpha value is -4.61. The van der Waals surface area contributed by atoms with E-state index in [1.54, 1.807) is 12.1 Å². The van der Waals surface area contributed by atoms with Gasteiger partial charge >= 0.3 is 0 Å². The second kappa shape index (κ2) is 9.26. The van der Waals surface area contributed by atoms with Gasteiger partial charge in [0.15, 0.2) is 0 Å². The van der Waals surface area contributed by atoms with Crippen LogP contribution in [0, 0.1) is 11.3 Å². The van der Waals surface area contributed by atoms with E-state index in [9.17, 15) is 0 Å². The van der Waals surface area contributed by atoms with Crippen molar-refractivity contribution < 1.29 is 0 Å². The highest BCUT2D eigenvalue weighted by Gasteiger charge is 2.08. The normalized spacial score (nSPS) is 10.4. The number of hydrogen-bond donors (Lipinski definition) is 1. The monoisotopic (exact) mass is 422 g/mol. The third-order valence-corrected chi connectivity index (χ3v) is 5.72. The number of aromatic nitrogens is 1. The van der Waals surface area contributed by atoms with Crippen molar-refractivity contribution in [2.75, 3.05) is 0 Å². The summed E-state index contributed by atoms with van der Waals surface area (Å²) in [4.78, 5) is 3.54. The first-order chi connectivity index (χ1) is 16.3. The van der Waals surface area contributed by atoms with E-state index >= 15 is 0 Å². The maximum atomic E-state index is 8.29. The van der Waals surface area contributed by atoms with E-state index in [2.05, 4.69) is 102 Å². The van der Waals surface area contributed by atoms with Crippen molar-refractivity contribution in [3.05, 3.63) is 133 Å². The van der Waals surface area contributed by atoms with Gasteiger partial charge in [0.2, 0.25) is 0 Å². The number of fused-ring (bicyclic) bond motifs is 3. The summed E-state index contributed by atoms with van der Waals surface area (Å²) in [5.74, 6) is 0. The quantitative estimate of drug-likeness (QED) is 0.300. The molecule has 2 heteroatoms. The topological polar surface area (TPSA) is 39.6 Å². The zero-order valence-corrected chi connectivity index (χ0v) is 18.1. The zero-order chi connectivity index (χ0) is 22.5. The van der Waals surface area contributed by atoms with Crippen molar-refractivity contribution >= 4 is 21.8 Å². The predicted octanol–water partition coefficient (Wildman–Crippen LogP) is 8.21. The summed E-state index contributed by atoms with van der Waals surface area (Å²) in [7, 11) is 0. The third kappa shape index (κ3) is 4.39. The lowest BCUT2D eigenvalue weighted by molar-refractivity contribution is 1.49. The van der Waals surface area contributed by atoms with Crippen molar-refractivity contribution in [3.63, 3.8) is 0 Å². The molecule has 0 atom stereocenters. The number of H-pyrrole nitrogens is 1. The first kappa shape index (κ1) is 20.3. The Balaban J connectivity index is 0.000000243. The van der Waals surface area contributed by atoms with E-state index in [0.717, 1.165) is 0 Å². The molecule has 0 amide bonds. The first-order valence-electron chi connectivity index (χ1n) is 10.9. The zero-order valence-electron chi connectivity index (χ0n) is 18.1. The molecule has 0 aliphatic heterocycles. The molecular formula is C31H22N2. The number of benzene rings is 5. The fourth-order valence-corrected chi connectivity index (χ4v) is 4.03. The Bertz CT molecular complexity index is 1450. The maximum absolute atomic E-state index is 8.29. The van der Waals surface area contributed by atoms with E-state index in [4.69, 9.17) is 5.26 Å². The second-order valence-electron chi connectivity index (χ2n) is 7.86. The van der Waals surface area contributed by atoms with E-state index in [-0.39, 0.29) is 0 Å². The number of nitriles is 1. The minimum Gasteiger partial charge on any atom is -0.355 e. The molecule has 0 aliphatic carbocycles. The van der Waals surface area contributed by atoms with Gasteiger partial charge < -0.3 is 4.98 Å². The van der Waals surface area contributed by atoms with Gasteiger partial charge in [0.25, 0.3) is 0 Å². The lowest BCUT2D eigenvalue weighted by atomic mass is 10.0. The highest BCUT2D eigenvalue weighted by Crippen LogP contribution is 2.32. The molecule has 1 heterocycles. The summed E-state index contributed by atoms with van der Waals surface area (Å²) in [6, 6.07) is 45.6. The minimum absolute atomic E-state index is 0.715. The fraction of sp³-hybridized carbons (Fsp3) is 0. The van der Waals surface area contributed by atoms with Crippen LogP contribution in [-0.2, 0) is 0 Å². The molecule has 156 valence electrons. The van der Waals surface area contributed by atoms with Crippen LogP contribution in [0.1, 0.15) is 5.56 Å². The van der Waals surface area contributed by atoms with E-state index in [1.807, 2.05) is 24.3 Å². The van der Waals surface area contributed by atoms with Gasteiger partial charge in [-0.15, -0.1) is 0 Å². The van der Waals surface area contributed by atoms with Gasteiger partial charge in [-0.25, -0.2) is 0 Å². The van der Waals surface area contributed by atoms with Crippen LogP contribution >= 0.6 is 0 Å². The largest absolute Gasteiger partial charge is 0.355 e. The standard InChI is InChI=1S/C24H17N.C7H5N/c1-3-7-17(8-4-1)19-11-13-23-21(15-19)22-16-20(12-14-24(22)25-23)18-9-5-2-6-10-18;8-6-7-4-2-1-3-5-7/h1-16,25H;1-5H. The third-order valence-electron chi connectivity index (χ3n) is 5.72. The fourth-order valence-electron chi connectivity index (χ4n) is 4.03. The SMILES string of the molecule is N#Cc1ccccc1.c1ccc(-c2ccc3[nH]c4ccc(-c5ccccc5)cc4c3c2)cc1. The molecule has 0 aliphatic rings. The van der Waals surface area contributed by atoms with E-state index in [0.29, 0.717) is 5.56 Å². The summed E-state index contributed by atoms with van der Waals surface area (Å²) in [6.07, 6.45) is 0. The summed E-state index contributed by atoms with van der Waals surface area (Å²) in [5, 5.41) is 10.8. The van der Waals surface area contributed by atoms with Crippen LogP contribution in [0.3, 0.4) is 0 Å². The van der Waals surface area contributed by atoms with Crippen LogP contribution < -0.4 is 0 Å². The average Bonchev–Trinajstić information content (AvgIpc) is 3.28. The average molecular weight is 423 g/mol. The van der Waals surface area contributed by atoms with Crippen molar-refractivity contribution in [3.8, 4) is 28.3 Å². The van der Waals surface area contributed by atoms with E-state index < -0.39 is 0 Å². The molecule has 0 spiro atoms. The van der Waals surface area contributed by atoms with E-state index in [1.165, 1.54) is 44.1 Å². The van der Waals surface area contributed by atoms with Gasteiger partial charge in [-0.1, -0.05) is 91.0 Å². The number of hydrogen-bond acceptors (Lipinski definition) is 1. The van der Waals surface area contributed by atoms with Crippen LogP contribution in [0.15, 0.2) is 127 Å². The summed E-state index contributed by atoms with van der Waals surface area (Å²) < 4.78 is 0. The number of rotatable bonds is 2. The molecule has 0 radical (unpaired) electrons. The van der Waals surface area contributed by atoms with Gasteiger partial charge in [-0.3, -0.25) is 0 Å². The molecule has 33 heavy (non-hydrogen) atoms. The van der Waals surface area contributed by atoms with Crippen molar-refractivity contribution in [2.45, 2.75) is 0 Å². The maximum Gasteiger partial charge on any atom is 0.0991 e. The number of aromatic amines is 1. The highest BCUT2D eigenvalue weighted by atomic mass is 14.7. The molecule has 1 N–H and O–H groups in total. The molecule has 2 nitrogen and oxygen atoms in total. The molecule has 0 saturated carbocycles. The van der Waals surface area contributed by atoms with Crippen LogP contribution in [0.2, 0.25) is 0 Å². The molecule has 6 aromatic rings. The van der Waals surface area contributed by atoms with Crippen LogP contribution in [0.25, 0.3) is 44.1 Å². The second-order valence-corrected chi connectivity index (χ2v) is 7.86. The summed E-state index contributed by atoms with van der Waals surface area (Å²) in [6.45, 7) is 0. The predicted molar refractivity (Wildman–Crippen MR) is 138 cm³/mol. The highest BCUT2D eigenvalue weighted by molar-refractivity contribution is 6.09. The number of nitrogens with one attached hydrogen (secondary N) is 1. The molecule has 0 unspecified atom stereocenters. The summed E-state index contributed by atoms with van der Waals surface area (Å²) in [5.41, 5.74) is 8.07. The van der Waals surface area contributed by atoms with Crippen molar-refractivity contribution in [2.24, 2.45) is 0 Å². The smallest absolute Gasteiger partial charge is 0.0991 e. The van der Waals surface area contributed by atoms with Crippen LogP contribution in [0.5, 0.6) is 0 Å². The molecule has 5 aromatic carbocycles. The molecular weight excluding hydrogens is 400 g/mol. The lowest BCUT2D eigenvalue weighted by Gasteiger charge is -2.03. The molecule has 0 saturated heterocycles. The molecule has 0 bridgehead atoms. The molecule has 0 fully saturated rings. The Labute approximate surface area is 193 Å². The lowest BCUT2D eigenvalue weighted by Crippen LogP contribution is -1.78. The Morgan fingerprint density at radius 2 is 0.879 bits per heavy atom. The van der Waals surface area contributed by atoms with Gasteiger partial charge in [-0.2, -0.15) is 5.26 Å². The molecule has 1 aromatic heterocycles. The molecule has 6 rings (SSSR count). The Morgan fingerprint density at radius 1 is 0.455 bits per heavy atom. The van der Waals surface area contributed by atoms with Crippen LogP contribution in [0.4, 0.5) is 0 Å². The van der Waals surface area contributed by atoms with Gasteiger partial charge in [0, 0.05) is 21.8 Å². The number of nitrogens with zero attached hydrogens (tertiary/aromatic N) is 1. The Kier molecular flexibility index (Phi) is 5.70. The van der Waals surface area contributed by atoms with Gasteiger partial charge in [0.05, 0.1) is 11.6 Å². The minimum atomic E-state index is 0.715. The van der Waals surface area contributed by atoms with Crippen LogP contribution in [-0.4, -0.2) is 4.98 Å². The van der Waals surface area contributed by atoms with Crippen molar-refractivity contribution in [1.29, 1.82) is 5.26 Å².